The van der Waals surface area contributed by atoms with Crippen molar-refractivity contribution in [2.45, 2.75) is 13.0 Å². The van der Waals surface area contributed by atoms with Gasteiger partial charge in [-0.15, -0.1) is 24.0 Å². The molecule has 9 nitrogen and oxygen atoms in total. The Balaban J connectivity index is 0.00000312. The molecule has 0 saturated heterocycles. The van der Waals surface area contributed by atoms with Crippen LogP contribution >= 0.6 is 35.6 Å². The Morgan fingerprint density at radius 1 is 1.36 bits per heavy atom. The number of pyridine rings is 1. The predicted molar refractivity (Wildman–Crippen MR) is 107 cm³/mol. The molecule has 0 radical (unpaired) electrons. The van der Waals surface area contributed by atoms with Gasteiger partial charge >= 0.3 is 5.69 Å². The second-order valence-corrected chi connectivity index (χ2v) is 5.27. The molecule has 136 valence electrons. The molecule has 2 N–H and O–H groups in total. The van der Waals surface area contributed by atoms with E-state index < -0.39 is 4.92 Å². The van der Waals surface area contributed by atoms with Crippen LogP contribution in [0.4, 0.5) is 5.69 Å². The van der Waals surface area contributed by atoms with Crippen molar-refractivity contribution in [3.05, 3.63) is 51.6 Å². The highest BCUT2D eigenvalue weighted by Crippen LogP contribution is 2.07. The van der Waals surface area contributed by atoms with E-state index in [0.717, 1.165) is 12.0 Å². The minimum absolute atomic E-state index is 0. The molecule has 0 saturated carbocycles. The zero-order chi connectivity index (χ0) is 17.4. The highest BCUT2D eigenvalue weighted by molar-refractivity contribution is 14.0. The lowest BCUT2D eigenvalue weighted by atomic mass is 10.2. The minimum atomic E-state index is -0.469. The Morgan fingerprint density at radius 3 is 2.72 bits per heavy atom. The molecule has 2 heterocycles. The summed E-state index contributed by atoms with van der Waals surface area (Å²) in [5.74, 6) is 0.651. The number of aromatic nitrogens is 3. The fourth-order valence-electron chi connectivity index (χ4n) is 1.96. The summed E-state index contributed by atoms with van der Waals surface area (Å²) in [5, 5.41) is 21.3. The zero-order valence-electron chi connectivity index (χ0n) is 13.6. The molecule has 11 heteroatoms. The average molecular weight is 480 g/mol. The summed E-state index contributed by atoms with van der Waals surface area (Å²) in [4.78, 5) is 18.3. The molecule has 0 bridgehead atoms. The van der Waals surface area contributed by atoms with Gasteiger partial charge in [0, 0.05) is 26.3 Å². The van der Waals surface area contributed by atoms with Crippen molar-refractivity contribution < 1.29 is 4.92 Å². The Labute approximate surface area is 167 Å². The van der Waals surface area contributed by atoms with Gasteiger partial charge in [0.25, 0.3) is 0 Å². The number of nitrogens with one attached hydrogen (secondary N) is 2. The molecule has 0 amide bonds. The summed E-state index contributed by atoms with van der Waals surface area (Å²) >= 11 is 5.74. The fourth-order valence-corrected chi connectivity index (χ4v) is 2.07. The van der Waals surface area contributed by atoms with Crippen LogP contribution in [0.15, 0.2) is 35.7 Å². The summed E-state index contributed by atoms with van der Waals surface area (Å²) < 4.78 is 1.51. The Kier molecular flexibility index (Phi) is 9.13. The van der Waals surface area contributed by atoms with Gasteiger partial charge in [-0.25, -0.2) is 4.98 Å². The van der Waals surface area contributed by atoms with Crippen molar-refractivity contribution in [2.75, 3.05) is 20.1 Å². The summed E-state index contributed by atoms with van der Waals surface area (Å²) in [6.07, 6.45) is 5.15. The topological polar surface area (TPSA) is 110 Å². The first-order valence-electron chi connectivity index (χ1n) is 7.30. The van der Waals surface area contributed by atoms with Crippen LogP contribution in [0.5, 0.6) is 0 Å². The van der Waals surface area contributed by atoms with E-state index in [1.807, 2.05) is 6.07 Å². The van der Waals surface area contributed by atoms with Crippen LogP contribution in [0.25, 0.3) is 0 Å². The van der Waals surface area contributed by atoms with Gasteiger partial charge < -0.3 is 10.6 Å². The van der Waals surface area contributed by atoms with Gasteiger partial charge in [0.05, 0.1) is 11.5 Å². The molecule has 2 rings (SSSR count). The number of nitro groups is 1. The number of hydrogen-bond acceptors (Lipinski definition) is 5. The van der Waals surface area contributed by atoms with Crippen LogP contribution in [0, 0.1) is 10.1 Å². The van der Waals surface area contributed by atoms with Gasteiger partial charge in [0.1, 0.15) is 17.5 Å². The first kappa shape index (κ1) is 21.1. The predicted octanol–water partition coefficient (Wildman–Crippen LogP) is 1.87. The average Bonchev–Trinajstić information content (AvgIpc) is 3.04. The van der Waals surface area contributed by atoms with Gasteiger partial charge in [0.2, 0.25) is 0 Å². The summed E-state index contributed by atoms with van der Waals surface area (Å²) in [5.41, 5.74) is 1.06. The monoisotopic (exact) mass is 479 g/mol. The number of guanidine groups is 1. The summed E-state index contributed by atoms with van der Waals surface area (Å²) in [6.45, 7) is 1.73. The molecular formula is C14H19ClIN7O2. The lowest BCUT2D eigenvalue weighted by Crippen LogP contribution is -2.39. The first-order chi connectivity index (χ1) is 11.6. The molecule has 0 aromatic carbocycles. The highest BCUT2D eigenvalue weighted by atomic mass is 127. The fraction of sp³-hybridized carbons (Fsp3) is 0.357. The third-order valence-corrected chi connectivity index (χ3v) is 3.41. The molecule has 0 fully saturated rings. The number of aliphatic imine (C=N–C) groups is 1. The number of rotatable bonds is 7. The Bertz CT molecular complexity index is 705. The van der Waals surface area contributed by atoms with Crippen molar-refractivity contribution in [3.8, 4) is 0 Å². The molecule has 2 aromatic rings. The standard InChI is InChI=1S/C14H18ClN7O2.HI/c1-16-14(17-5-4-11-2-3-13(15)19-8-11)18-6-7-21-10-12(9-20-21)22(23)24;/h2-3,8-10H,4-7H2,1H3,(H2,16,17,18);1H. The number of hydrogen-bond donors (Lipinski definition) is 2. The van der Waals surface area contributed by atoms with Crippen LogP contribution in [0.1, 0.15) is 5.56 Å². The molecule has 0 aliphatic rings. The highest BCUT2D eigenvalue weighted by Gasteiger charge is 2.08. The van der Waals surface area contributed by atoms with Crippen LogP contribution in [-0.2, 0) is 13.0 Å². The third-order valence-electron chi connectivity index (χ3n) is 3.18. The van der Waals surface area contributed by atoms with Gasteiger partial charge in [0.15, 0.2) is 5.96 Å². The van der Waals surface area contributed by atoms with E-state index in [9.17, 15) is 10.1 Å². The number of halogens is 2. The molecule has 2 aromatic heterocycles. The van der Waals surface area contributed by atoms with E-state index in [2.05, 4.69) is 25.7 Å². The molecule has 0 spiro atoms. The molecule has 0 unspecified atom stereocenters. The SMILES string of the molecule is CN=C(NCCc1ccc(Cl)nc1)NCCn1cc([N+](=O)[O-])cn1.I. The maximum absolute atomic E-state index is 10.6. The quantitative estimate of drug-likeness (QED) is 0.157. The third kappa shape index (κ3) is 7.22. The van der Waals surface area contributed by atoms with Crippen molar-refractivity contribution >= 4 is 47.2 Å². The van der Waals surface area contributed by atoms with Crippen molar-refractivity contribution in [1.29, 1.82) is 0 Å². The second kappa shape index (κ2) is 10.8. The largest absolute Gasteiger partial charge is 0.356 e. The van der Waals surface area contributed by atoms with E-state index in [1.54, 1.807) is 19.3 Å². The van der Waals surface area contributed by atoms with E-state index in [0.29, 0.717) is 30.7 Å². The van der Waals surface area contributed by atoms with Gasteiger partial charge in [-0.1, -0.05) is 17.7 Å². The van der Waals surface area contributed by atoms with Crippen molar-refractivity contribution in [3.63, 3.8) is 0 Å². The normalized spacial score (nSPS) is 10.9. The van der Waals surface area contributed by atoms with Crippen LogP contribution in [-0.4, -0.2) is 45.8 Å². The Hall–Kier alpha value is -1.95. The van der Waals surface area contributed by atoms with Crippen LogP contribution in [0.3, 0.4) is 0 Å². The Morgan fingerprint density at radius 2 is 2.12 bits per heavy atom. The maximum atomic E-state index is 10.6. The van der Waals surface area contributed by atoms with Crippen LogP contribution in [0.2, 0.25) is 5.15 Å². The second-order valence-electron chi connectivity index (χ2n) is 4.88. The molecule has 0 atom stereocenters. The molecule has 0 aliphatic heterocycles. The van der Waals surface area contributed by atoms with E-state index >= 15 is 0 Å². The molecule has 0 aliphatic carbocycles. The van der Waals surface area contributed by atoms with E-state index in [-0.39, 0.29) is 29.7 Å². The molecular weight excluding hydrogens is 461 g/mol. The van der Waals surface area contributed by atoms with Crippen molar-refractivity contribution in [2.24, 2.45) is 4.99 Å². The number of nitrogens with zero attached hydrogens (tertiary/aromatic N) is 5. The lowest BCUT2D eigenvalue weighted by molar-refractivity contribution is -0.385. The van der Waals surface area contributed by atoms with Crippen LogP contribution < -0.4 is 10.6 Å². The lowest BCUT2D eigenvalue weighted by Gasteiger charge is -2.11. The molecule has 25 heavy (non-hydrogen) atoms. The first-order valence-corrected chi connectivity index (χ1v) is 7.68. The minimum Gasteiger partial charge on any atom is -0.356 e. The van der Waals surface area contributed by atoms with Gasteiger partial charge in [-0.05, 0) is 18.1 Å². The van der Waals surface area contributed by atoms with Gasteiger partial charge in [-0.2, -0.15) is 5.10 Å². The summed E-state index contributed by atoms with van der Waals surface area (Å²) in [7, 11) is 1.68. The maximum Gasteiger partial charge on any atom is 0.306 e. The van der Waals surface area contributed by atoms with E-state index in [1.165, 1.54) is 17.1 Å². The van der Waals surface area contributed by atoms with Gasteiger partial charge in [-0.3, -0.25) is 19.8 Å². The van der Waals surface area contributed by atoms with E-state index in [4.69, 9.17) is 11.6 Å². The smallest absolute Gasteiger partial charge is 0.306 e. The zero-order valence-corrected chi connectivity index (χ0v) is 16.6. The van der Waals surface area contributed by atoms with Crippen molar-refractivity contribution in [1.82, 2.24) is 25.4 Å². The summed E-state index contributed by atoms with van der Waals surface area (Å²) in [6, 6.07) is 3.69.